The normalized spacial score (nSPS) is 13.4. The maximum absolute atomic E-state index is 6.52. The molecule has 0 aromatic heterocycles. The van der Waals surface area contributed by atoms with Crippen LogP contribution in [-0.4, -0.2) is 24.8 Å². The molecule has 302 valence electrons. The van der Waals surface area contributed by atoms with Crippen LogP contribution in [0.4, 0.5) is 0 Å². The smallest absolute Gasteiger partial charge is 0.189 e. The van der Waals surface area contributed by atoms with Crippen molar-refractivity contribution in [2.75, 3.05) is 13.6 Å². The van der Waals surface area contributed by atoms with E-state index >= 15 is 0 Å². The SMILES string of the molecule is Cc1c(C)c(Cc2cc(C(C)(C)C)c(OCOC(C)(C)C)c(C(C)(C)C)c2)c(C)c(C)c1Cc1cc(C(C)(C)C)c(OCOC(C)(C)C)c(C(C)(C)C)c1. The highest BCUT2D eigenvalue weighted by atomic mass is 16.7. The van der Waals surface area contributed by atoms with Gasteiger partial charge in [0, 0.05) is 22.3 Å². The second kappa shape index (κ2) is 16.0. The molecule has 0 N–H and O–H groups in total. The number of ether oxygens (including phenoxy) is 4. The Labute approximate surface area is 332 Å². The molecule has 0 radical (unpaired) electrons. The fraction of sp³-hybridized carbons (Fsp3) is 0.640. The lowest BCUT2D eigenvalue weighted by Crippen LogP contribution is -2.25. The zero-order valence-electron chi connectivity index (χ0n) is 38.8. The molecule has 54 heavy (non-hydrogen) atoms. The molecule has 3 rings (SSSR count). The van der Waals surface area contributed by atoms with Crippen LogP contribution in [0.2, 0.25) is 0 Å². The van der Waals surface area contributed by atoms with Crippen LogP contribution < -0.4 is 9.47 Å². The number of benzene rings is 3. The summed E-state index contributed by atoms with van der Waals surface area (Å²) in [6, 6.07) is 9.54. The molecule has 0 fully saturated rings. The van der Waals surface area contributed by atoms with Crippen molar-refractivity contribution >= 4 is 0 Å². The molecule has 0 aliphatic carbocycles. The molecule has 0 amide bonds. The number of hydrogen-bond donors (Lipinski definition) is 0. The van der Waals surface area contributed by atoms with Gasteiger partial charge in [0.25, 0.3) is 0 Å². The van der Waals surface area contributed by atoms with Gasteiger partial charge in [0.15, 0.2) is 13.6 Å². The summed E-state index contributed by atoms with van der Waals surface area (Å²) < 4.78 is 25.1. The Morgan fingerprint density at radius 1 is 0.370 bits per heavy atom. The molecule has 0 saturated carbocycles. The van der Waals surface area contributed by atoms with Crippen molar-refractivity contribution in [3.63, 3.8) is 0 Å². The highest BCUT2D eigenvalue weighted by Crippen LogP contribution is 2.44. The fourth-order valence-corrected chi connectivity index (χ4v) is 7.06. The topological polar surface area (TPSA) is 36.9 Å². The minimum Gasteiger partial charge on any atom is -0.467 e. The van der Waals surface area contributed by atoms with E-state index in [1.807, 2.05) is 0 Å². The summed E-state index contributed by atoms with van der Waals surface area (Å²) in [7, 11) is 0. The van der Waals surface area contributed by atoms with Gasteiger partial charge in [-0.2, -0.15) is 0 Å². The van der Waals surface area contributed by atoms with Gasteiger partial charge >= 0.3 is 0 Å². The Kier molecular flexibility index (Phi) is 13.5. The molecule has 0 aliphatic heterocycles. The third-order valence-corrected chi connectivity index (χ3v) is 10.6. The molecule has 0 atom stereocenters. The summed E-state index contributed by atoms with van der Waals surface area (Å²) in [5.41, 5.74) is 15.0. The van der Waals surface area contributed by atoms with Crippen LogP contribution in [0, 0.1) is 27.7 Å². The quantitative estimate of drug-likeness (QED) is 0.194. The van der Waals surface area contributed by atoms with E-state index in [4.69, 9.17) is 18.9 Å². The fourth-order valence-electron chi connectivity index (χ4n) is 7.06. The van der Waals surface area contributed by atoms with Gasteiger partial charge < -0.3 is 18.9 Å². The van der Waals surface area contributed by atoms with Crippen LogP contribution in [0.25, 0.3) is 0 Å². The molecule has 0 saturated heterocycles. The number of rotatable bonds is 10. The average Bonchev–Trinajstić information content (AvgIpc) is 2.97. The van der Waals surface area contributed by atoms with Crippen LogP contribution in [0.15, 0.2) is 24.3 Å². The van der Waals surface area contributed by atoms with E-state index < -0.39 is 0 Å². The van der Waals surface area contributed by atoms with Gasteiger partial charge in [0.2, 0.25) is 0 Å². The highest BCUT2D eigenvalue weighted by Gasteiger charge is 2.31. The summed E-state index contributed by atoms with van der Waals surface area (Å²) >= 11 is 0. The molecule has 0 aliphatic rings. The molecule has 3 aromatic rings. The molecule has 0 bridgehead atoms. The lowest BCUT2D eigenvalue weighted by molar-refractivity contribution is -0.0772. The van der Waals surface area contributed by atoms with E-state index in [9.17, 15) is 0 Å². The Bertz CT molecular complexity index is 1550. The van der Waals surface area contributed by atoms with Crippen molar-refractivity contribution in [2.45, 2.75) is 198 Å². The predicted octanol–water partition coefficient (Wildman–Crippen LogP) is 13.6. The first kappa shape index (κ1) is 45.6. The van der Waals surface area contributed by atoms with E-state index in [-0.39, 0.29) is 46.4 Å². The molecule has 4 nitrogen and oxygen atoms in total. The predicted molar refractivity (Wildman–Crippen MR) is 231 cm³/mol. The molecular formula is C50H78O4. The molecule has 0 spiro atoms. The molecule has 3 aromatic carbocycles. The lowest BCUT2D eigenvalue weighted by atomic mass is 9.76. The van der Waals surface area contributed by atoms with Gasteiger partial charge in [0.1, 0.15) is 11.5 Å². The third-order valence-electron chi connectivity index (χ3n) is 10.6. The van der Waals surface area contributed by atoms with Crippen LogP contribution >= 0.6 is 0 Å². The average molecular weight is 743 g/mol. The zero-order chi connectivity index (χ0) is 41.6. The first-order chi connectivity index (χ1) is 24.2. The Hall–Kier alpha value is -2.82. The minimum atomic E-state index is -0.274. The van der Waals surface area contributed by atoms with Crippen molar-refractivity contribution in [2.24, 2.45) is 0 Å². The maximum Gasteiger partial charge on any atom is 0.189 e. The van der Waals surface area contributed by atoms with Gasteiger partial charge in [-0.25, -0.2) is 0 Å². The zero-order valence-corrected chi connectivity index (χ0v) is 38.8. The second-order valence-corrected chi connectivity index (χ2v) is 21.9. The monoisotopic (exact) mass is 743 g/mol. The van der Waals surface area contributed by atoms with Crippen LogP contribution in [0.5, 0.6) is 11.5 Å². The summed E-state index contributed by atoms with van der Waals surface area (Å²) in [4.78, 5) is 0. The Balaban J connectivity index is 2.17. The molecular weight excluding hydrogens is 665 g/mol. The van der Waals surface area contributed by atoms with Crippen molar-refractivity contribution in [1.82, 2.24) is 0 Å². The van der Waals surface area contributed by atoms with E-state index in [0.717, 1.165) is 24.3 Å². The van der Waals surface area contributed by atoms with Gasteiger partial charge in [0.05, 0.1) is 11.2 Å². The molecule has 4 heteroatoms. The Morgan fingerprint density at radius 3 is 0.778 bits per heavy atom. The van der Waals surface area contributed by atoms with E-state index in [1.165, 1.54) is 66.8 Å². The van der Waals surface area contributed by atoms with Gasteiger partial charge in [-0.05, 0) is 148 Å². The second-order valence-electron chi connectivity index (χ2n) is 21.9. The molecule has 0 heterocycles. The maximum atomic E-state index is 6.52. The summed E-state index contributed by atoms with van der Waals surface area (Å²) in [6.07, 6.45) is 1.74. The van der Waals surface area contributed by atoms with Gasteiger partial charge in [-0.3, -0.25) is 0 Å². The third kappa shape index (κ3) is 11.6. The van der Waals surface area contributed by atoms with E-state index in [1.54, 1.807) is 0 Å². The van der Waals surface area contributed by atoms with Crippen molar-refractivity contribution in [3.05, 3.63) is 91.0 Å². The summed E-state index contributed by atoms with van der Waals surface area (Å²) in [6.45, 7) is 49.5. The lowest BCUT2D eigenvalue weighted by Gasteiger charge is -2.32. The van der Waals surface area contributed by atoms with E-state index in [2.05, 4.69) is 177 Å². The Morgan fingerprint density at radius 2 is 0.593 bits per heavy atom. The van der Waals surface area contributed by atoms with Gasteiger partial charge in [-0.1, -0.05) is 107 Å². The van der Waals surface area contributed by atoms with Crippen molar-refractivity contribution in [3.8, 4) is 11.5 Å². The van der Waals surface area contributed by atoms with Crippen LogP contribution in [-0.2, 0) is 44.0 Å². The standard InChI is InChI=1S/C50H78O4/c1-31-32(2)38(24-36-27-41(47(11,12)13)44(42(28-36)48(14,15)16)52-30-54-50(20,21)22)34(4)33(3)37(31)23-35-25-39(45(5,6)7)43(40(26-35)46(8,9)10)51-29-53-49(17,18)19/h25-28H,23-24,29-30H2,1-22H3. The van der Waals surface area contributed by atoms with Gasteiger partial charge in [-0.15, -0.1) is 0 Å². The summed E-state index contributed by atoms with van der Waals surface area (Å²) in [5, 5.41) is 0. The largest absolute Gasteiger partial charge is 0.467 e. The van der Waals surface area contributed by atoms with Crippen LogP contribution in [0.1, 0.15) is 191 Å². The first-order valence-corrected chi connectivity index (χ1v) is 20.2. The first-order valence-electron chi connectivity index (χ1n) is 20.2. The number of hydrogen-bond acceptors (Lipinski definition) is 4. The minimum absolute atomic E-state index is 0.106. The van der Waals surface area contributed by atoms with Crippen molar-refractivity contribution < 1.29 is 18.9 Å². The van der Waals surface area contributed by atoms with Crippen LogP contribution in [0.3, 0.4) is 0 Å². The van der Waals surface area contributed by atoms with Crippen molar-refractivity contribution in [1.29, 1.82) is 0 Å². The molecule has 0 unspecified atom stereocenters. The highest BCUT2D eigenvalue weighted by molar-refractivity contribution is 5.57. The van der Waals surface area contributed by atoms with E-state index in [0.29, 0.717) is 0 Å². The summed E-state index contributed by atoms with van der Waals surface area (Å²) in [5.74, 6) is 1.92.